The number of H-pyrrole nitrogens is 1. The predicted molar refractivity (Wildman–Crippen MR) is 73.7 cm³/mol. The van der Waals surface area contributed by atoms with Gasteiger partial charge in [-0.3, -0.25) is 5.32 Å². The highest BCUT2D eigenvalue weighted by atomic mass is 16.5. The van der Waals surface area contributed by atoms with E-state index < -0.39 is 0 Å². The molecule has 2 N–H and O–H groups in total. The summed E-state index contributed by atoms with van der Waals surface area (Å²) < 4.78 is 5.64. The summed E-state index contributed by atoms with van der Waals surface area (Å²) in [6, 6.07) is 6.57. The van der Waals surface area contributed by atoms with Gasteiger partial charge in [-0.15, -0.1) is 0 Å². The molecule has 18 heavy (non-hydrogen) atoms. The Morgan fingerprint density at radius 3 is 3.11 bits per heavy atom. The van der Waals surface area contributed by atoms with Gasteiger partial charge in [-0.2, -0.15) is 0 Å². The smallest absolute Gasteiger partial charge is 0.113 e. The van der Waals surface area contributed by atoms with E-state index >= 15 is 0 Å². The molecular weight excluding hydrogens is 224 g/mol. The molecule has 1 aromatic carbocycles. The first-order chi connectivity index (χ1) is 8.88. The summed E-state index contributed by atoms with van der Waals surface area (Å²) in [5.41, 5.74) is 2.75. The van der Waals surface area contributed by atoms with Crippen molar-refractivity contribution in [2.24, 2.45) is 0 Å². The number of fused-ring (bicyclic) bond motifs is 1. The Labute approximate surface area is 108 Å². The predicted octanol–water partition coefficient (Wildman–Crippen LogP) is 2.61. The van der Waals surface area contributed by atoms with Crippen LogP contribution in [0, 0.1) is 0 Å². The summed E-state index contributed by atoms with van der Waals surface area (Å²) in [6.07, 6.45) is 5.52. The van der Waals surface area contributed by atoms with Crippen LogP contribution in [0.2, 0.25) is 0 Å². The fraction of sp³-hybridized carbons (Fsp3) is 0.467. The molecule has 3 rings (SSSR count). The van der Waals surface area contributed by atoms with E-state index in [2.05, 4.69) is 41.6 Å². The van der Waals surface area contributed by atoms with E-state index in [1.807, 2.05) is 0 Å². The molecule has 2 aromatic rings. The van der Waals surface area contributed by atoms with Crippen molar-refractivity contribution in [3.8, 4) is 0 Å². The van der Waals surface area contributed by atoms with E-state index in [9.17, 15) is 0 Å². The van der Waals surface area contributed by atoms with Crippen molar-refractivity contribution < 1.29 is 4.74 Å². The molecule has 1 atom stereocenters. The molecule has 1 saturated heterocycles. The number of nitrogens with one attached hydrogen (secondary N) is 2. The van der Waals surface area contributed by atoms with Crippen LogP contribution in [0.15, 0.2) is 24.4 Å². The van der Waals surface area contributed by atoms with Gasteiger partial charge in [0, 0.05) is 30.2 Å². The van der Waals surface area contributed by atoms with Gasteiger partial charge in [-0.1, -0.05) is 31.5 Å². The van der Waals surface area contributed by atoms with Gasteiger partial charge in [0.1, 0.15) is 6.23 Å². The lowest BCUT2D eigenvalue weighted by molar-refractivity contribution is 0.101. The van der Waals surface area contributed by atoms with Crippen molar-refractivity contribution in [2.75, 3.05) is 13.2 Å². The second-order valence-electron chi connectivity index (χ2n) is 4.92. The molecular formula is C15H20N2O. The molecule has 0 bridgehead atoms. The summed E-state index contributed by atoms with van der Waals surface area (Å²) >= 11 is 0. The average Bonchev–Trinajstić information content (AvgIpc) is 3.01. The van der Waals surface area contributed by atoms with Crippen LogP contribution in [0.4, 0.5) is 0 Å². The molecule has 3 nitrogen and oxygen atoms in total. The molecule has 1 aliphatic rings. The lowest BCUT2D eigenvalue weighted by Gasteiger charge is -2.10. The number of aromatic nitrogens is 1. The maximum Gasteiger partial charge on any atom is 0.113 e. The third-order valence-corrected chi connectivity index (χ3v) is 3.59. The molecule has 0 amide bonds. The van der Waals surface area contributed by atoms with Gasteiger partial charge < -0.3 is 9.72 Å². The first-order valence-corrected chi connectivity index (χ1v) is 6.81. The van der Waals surface area contributed by atoms with Crippen LogP contribution in [0.5, 0.6) is 0 Å². The van der Waals surface area contributed by atoms with Crippen molar-refractivity contribution in [3.05, 3.63) is 35.7 Å². The summed E-state index contributed by atoms with van der Waals surface area (Å²) in [4.78, 5) is 3.42. The molecule has 1 aromatic heterocycles. The van der Waals surface area contributed by atoms with Gasteiger partial charge in [-0.25, -0.2) is 0 Å². The molecule has 1 unspecified atom stereocenters. The SMILES string of the molecule is CCCc1cccc2c[nH]c(CC3NCCO3)c12. The Balaban J connectivity index is 1.95. The first kappa shape index (κ1) is 11.8. The van der Waals surface area contributed by atoms with Gasteiger partial charge in [0.05, 0.1) is 6.61 Å². The molecule has 0 aliphatic carbocycles. The number of ether oxygens (including phenoxy) is 1. The maximum atomic E-state index is 5.64. The van der Waals surface area contributed by atoms with Crippen LogP contribution in [0.3, 0.4) is 0 Å². The van der Waals surface area contributed by atoms with Crippen LogP contribution in [0.1, 0.15) is 24.6 Å². The quantitative estimate of drug-likeness (QED) is 0.867. The fourth-order valence-corrected chi connectivity index (χ4v) is 2.78. The van der Waals surface area contributed by atoms with Gasteiger partial charge in [0.2, 0.25) is 0 Å². The number of aryl methyl sites for hydroxylation is 1. The maximum absolute atomic E-state index is 5.64. The Morgan fingerprint density at radius 2 is 2.33 bits per heavy atom. The lowest BCUT2D eigenvalue weighted by Crippen LogP contribution is -2.25. The third-order valence-electron chi connectivity index (χ3n) is 3.59. The molecule has 0 spiro atoms. The van der Waals surface area contributed by atoms with E-state index in [-0.39, 0.29) is 6.23 Å². The monoisotopic (exact) mass is 244 g/mol. The molecule has 96 valence electrons. The van der Waals surface area contributed by atoms with Gasteiger partial charge >= 0.3 is 0 Å². The van der Waals surface area contributed by atoms with Gasteiger partial charge in [-0.05, 0) is 17.4 Å². The minimum absolute atomic E-state index is 0.168. The molecule has 0 saturated carbocycles. The number of rotatable bonds is 4. The number of benzene rings is 1. The minimum atomic E-state index is 0.168. The third kappa shape index (κ3) is 2.16. The lowest BCUT2D eigenvalue weighted by atomic mass is 10.0. The highest BCUT2D eigenvalue weighted by Gasteiger charge is 2.17. The number of aromatic amines is 1. The Morgan fingerprint density at radius 1 is 1.39 bits per heavy atom. The van der Waals surface area contributed by atoms with Crippen LogP contribution < -0.4 is 5.32 Å². The molecule has 1 aliphatic heterocycles. The van der Waals surface area contributed by atoms with E-state index in [0.29, 0.717) is 0 Å². The van der Waals surface area contributed by atoms with Crippen molar-refractivity contribution >= 4 is 10.8 Å². The fourth-order valence-electron chi connectivity index (χ4n) is 2.78. The van der Waals surface area contributed by atoms with Crippen molar-refractivity contribution in [3.63, 3.8) is 0 Å². The second-order valence-corrected chi connectivity index (χ2v) is 4.92. The highest BCUT2D eigenvalue weighted by Crippen LogP contribution is 2.25. The summed E-state index contributed by atoms with van der Waals surface area (Å²) in [6.45, 7) is 4.02. The van der Waals surface area contributed by atoms with Crippen LogP contribution in [-0.4, -0.2) is 24.4 Å². The van der Waals surface area contributed by atoms with E-state index in [0.717, 1.165) is 26.0 Å². The Bertz CT molecular complexity index is 526. The van der Waals surface area contributed by atoms with Gasteiger partial charge in [0.15, 0.2) is 0 Å². The average molecular weight is 244 g/mol. The topological polar surface area (TPSA) is 37.0 Å². The second kappa shape index (κ2) is 5.12. The van der Waals surface area contributed by atoms with Gasteiger partial charge in [0.25, 0.3) is 0 Å². The summed E-state index contributed by atoms with van der Waals surface area (Å²) in [7, 11) is 0. The normalized spacial score (nSPS) is 19.7. The zero-order valence-corrected chi connectivity index (χ0v) is 10.8. The summed E-state index contributed by atoms with van der Waals surface area (Å²) in [5.74, 6) is 0. The zero-order valence-electron chi connectivity index (χ0n) is 10.8. The van der Waals surface area contributed by atoms with Crippen LogP contribution in [0.25, 0.3) is 10.8 Å². The van der Waals surface area contributed by atoms with Crippen molar-refractivity contribution in [1.82, 2.24) is 10.3 Å². The number of hydrogen-bond donors (Lipinski definition) is 2. The molecule has 1 fully saturated rings. The highest BCUT2D eigenvalue weighted by molar-refractivity contribution is 5.88. The standard InChI is InChI=1S/C15H20N2O/c1-2-4-11-5-3-6-12-10-17-13(15(11)12)9-14-16-7-8-18-14/h3,5-6,10,14,16-17H,2,4,7-9H2,1H3. The van der Waals surface area contributed by atoms with Crippen molar-refractivity contribution in [2.45, 2.75) is 32.4 Å². The van der Waals surface area contributed by atoms with Crippen LogP contribution >= 0.6 is 0 Å². The molecule has 0 radical (unpaired) electrons. The zero-order chi connectivity index (χ0) is 12.4. The first-order valence-electron chi connectivity index (χ1n) is 6.81. The van der Waals surface area contributed by atoms with Crippen molar-refractivity contribution in [1.29, 1.82) is 0 Å². The van der Waals surface area contributed by atoms with E-state index in [1.54, 1.807) is 0 Å². The van der Waals surface area contributed by atoms with E-state index in [1.165, 1.54) is 28.5 Å². The summed E-state index contributed by atoms with van der Waals surface area (Å²) in [5, 5.41) is 6.08. The Kier molecular flexibility index (Phi) is 3.35. The van der Waals surface area contributed by atoms with E-state index in [4.69, 9.17) is 4.74 Å². The molecule has 2 heterocycles. The van der Waals surface area contributed by atoms with Crippen LogP contribution in [-0.2, 0) is 17.6 Å². The largest absolute Gasteiger partial charge is 0.364 e. The Hall–Kier alpha value is -1.32. The molecule has 3 heteroatoms. The minimum Gasteiger partial charge on any atom is -0.364 e. The number of hydrogen-bond acceptors (Lipinski definition) is 2.